The fraction of sp³-hybridized carbons (Fsp3) is 0.429. The second-order valence-corrected chi connectivity index (χ2v) is 6.23. The highest BCUT2D eigenvalue weighted by Crippen LogP contribution is 2.41. The Hall–Kier alpha value is -1.89. The fourth-order valence-electron chi connectivity index (χ4n) is 2.09. The predicted molar refractivity (Wildman–Crippen MR) is 78.9 cm³/mol. The fourth-order valence-corrected chi connectivity index (χ4v) is 3.04. The van der Waals surface area contributed by atoms with Crippen molar-refractivity contribution in [3.05, 3.63) is 24.5 Å². The molecule has 0 amide bonds. The molecule has 3 rings (SSSR count). The minimum atomic E-state index is -0.304. The molecule has 0 spiro atoms. The van der Waals surface area contributed by atoms with E-state index in [1.807, 2.05) is 19.1 Å². The van der Waals surface area contributed by atoms with Crippen LogP contribution < -0.4 is 0 Å². The molecule has 21 heavy (non-hydrogen) atoms. The van der Waals surface area contributed by atoms with Crippen LogP contribution in [0, 0.1) is 0 Å². The van der Waals surface area contributed by atoms with Crippen molar-refractivity contribution in [1.82, 2.24) is 19.7 Å². The summed E-state index contributed by atoms with van der Waals surface area (Å²) in [5.74, 6) is 0.579. The number of methoxy groups -OCH3 is 1. The van der Waals surface area contributed by atoms with Gasteiger partial charge in [-0.2, -0.15) is 0 Å². The van der Waals surface area contributed by atoms with Gasteiger partial charge in [-0.1, -0.05) is 11.8 Å². The lowest BCUT2D eigenvalue weighted by Crippen LogP contribution is -2.15. The summed E-state index contributed by atoms with van der Waals surface area (Å²) < 4.78 is 6.89. The highest BCUT2D eigenvalue weighted by atomic mass is 32.2. The molecule has 1 saturated carbocycles. The van der Waals surface area contributed by atoms with Crippen LogP contribution in [-0.4, -0.2) is 38.1 Å². The van der Waals surface area contributed by atoms with Crippen LogP contribution in [0.5, 0.6) is 0 Å². The van der Waals surface area contributed by atoms with Crippen molar-refractivity contribution in [3.63, 3.8) is 0 Å². The Bertz CT molecular complexity index is 640. The Balaban J connectivity index is 1.92. The van der Waals surface area contributed by atoms with E-state index in [0.717, 1.165) is 29.4 Å². The van der Waals surface area contributed by atoms with Gasteiger partial charge in [-0.15, -0.1) is 10.2 Å². The van der Waals surface area contributed by atoms with Crippen LogP contribution in [0.15, 0.2) is 29.7 Å². The average molecular weight is 304 g/mol. The molecule has 1 atom stereocenters. The third-order valence-corrected chi connectivity index (χ3v) is 4.37. The second-order valence-electron chi connectivity index (χ2n) is 4.93. The van der Waals surface area contributed by atoms with E-state index in [1.54, 1.807) is 12.4 Å². The van der Waals surface area contributed by atoms with Gasteiger partial charge in [-0.3, -0.25) is 14.3 Å². The molecule has 0 radical (unpaired) electrons. The molecule has 0 unspecified atom stereocenters. The van der Waals surface area contributed by atoms with Crippen LogP contribution in [0.25, 0.3) is 11.4 Å². The first kappa shape index (κ1) is 14.1. The lowest BCUT2D eigenvalue weighted by Gasteiger charge is -2.11. The third kappa shape index (κ3) is 2.92. The number of nitrogens with zero attached hydrogens (tertiary/aromatic N) is 4. The summed E-state index contributed by atoms with van der Waals surface area (Å²) in [6.45, 7) is 1.81. The molecule has 0 N–H and O–H groups in total. The normalized spacial score (nSPS) is 15.7. The highest BCUT2D eigenvalue weighted by molar-refractivity contribution is 8.00. The summed E-state index contributed by atoms with van der Waals surface area (Å²) in [6, 6.07) is 4.26. The largest absolute Gasteiger partial charge is 0.468 e. The minimum absolute atomic E-state index is 0.254. The summed E-state index contributed by atoms with van der Waals surface area (Å²) >= 11 is 1.39. The monoisotopic (exact) mass is 304 g/mol. The van der Waals surface area contributed by atoms with Gasteiger partial charge in [0.05, 0.1) is 7.11 Å². The summed E-state index contributed by atoms with van der Waals surface area (Å²) in [4.78, 5) is 15.6. The van der Waals surface area contributed by atoms with Crippen LogP contribution in [0.4, 0.5) is 0 Å². The van der Waals surface area contributed by atoms with Crippen LogP contribution in [0.1, 0.15) is 25.8 Å². The van der Waals surface area contributed by atoms with Crippen molar-refractivity contribution in [2.75, 3.05) is 7.11 Å². The van der Waals surface area contributed by atoms with Crippen molar-refractivity contribution in [2.24, 2.45) is 0 Å². The quantitative estimate of drug-likeness (QED) is 0.624. The van der Waals surface area contributed by atoms with Gasteiger partial charge in [0.25, 0.3) is 0 Å². The summed E-state index contributed by atoms with van der Waals surface area (Å²) in [5, 5.41) is 9.02. The number of pyridine rings is 1. The Kier molecular flexibility index (Phi) is 3.92. The summed E-state index contributed by atoms with van der Waals surface area (Å²) in [6.07, 6.45) is 5.73. The van der Waals surface area contributed by atoms with E-state index in [9.17, 15) is 4.79 Å². The van der Waals surface area contributed by atoms with E-state index in [0.29, 0.717) is 6.04 Å². The number of carbonyl (C=O) groups excluding carboxylic acids is 1. The first-order valence-corrected chi connectivity index (χ1v) is 7.68. The number of carbonyl (C=O) groups is 1. The van der Waals surface area contributed by atoms with Crippen LogP contribution in [0.3, 0.4) is 0 Å². The van der Waals surface area contributed by atoms with E-state index in [4.69, 9.17) is 4.74 Å². The number of esters is 1. The van der Waals surface area contributed by atoms with E-state index in [1.165, 1.54) is 18.9 Å². The molecule has 0 aliphatic heterocycles. The maximum absolute atomic E-state index is 11.6. The molecule has 2 aromatic heterocycles. The van der Waals surface area contributed by atoms with Crippen molar-refractivity contribution >= 4 is 17.7 Å². The zero-order valence-corrected chi connectivity index (χ0v) is 12.7. The van der Waals surface area contributed by atoms with Crippen LogP contribution in [0.2, 0.25) is 0 Å². The number of ether oxygens (including phenoxy) is 1. The molecule has 110 valence electrons. The Morgan fingerprint density at radius 3 is 2.71 bits per heavy atom. The smallest absolute Gasteiger partial charge is 0.318 e. The van der Waals surface area contributed by atoms with E-state index in [-0.39, 0.29) is 11.2 Å². The van der Waals surface area contributed by atoms with E-state index < -0.39 is 0 Å². The standard InChI is InChI=1S/C14H16N4O2S/c1-9(13(19)20-2)21-14-17-16-12(18(14)11-3-4-11)10-5-7-15-8-6-10/h5-9,11H,3-4H2,1-2H3/t9-/m1/s1. The number of hydrogen-bond donors (Lipinski definition) is 0. The zero-order valence-electron chi connectivity index (χ0n) is 11.9. The number of rotatable bonds is 5. The van der Waals surface area contributed by atoms with Gasteiger partial charge < -0.3 is 4.74 Å². The Morgan fingerprint density at radius 1 is 1.38 bits per heavy atom. The molecule has 2 aromatic rings. The molecule has 7 heteroatoms. The minimum Gasteiger partial charge on any atom is -0.468 e. The summed E-state index contributed by atoms with van der Waals surface area (Å²) in [5.41, 5.74) is 0.988. The van der Waals surface area contributed by atoms with Crippen molar-refractivity contribution in [2.45, 2.75) is 36.2 Å². The molecule has 1 aliphatic carbocycles. The molecule has 1 aliphatic rings. The Morgan fingerprint density at radius 2 is 2.10 bits per heavy atom. The van der Waals surface area contributed by atoms with Crippen molar-refractivity contribution < 1.29 is 9.53 Å². The maximum atomic E-state index is 11.6. The molecular weight excluding hydrogens is 288 g/mol. The van der Waals surface area contributed by atoms with E-state index in [2.05, 4.69) is 19.7 Å². The Labute approximate surface area is 126 Å². The van der Waals surface area contributed by atoms with Gasteiger partial charge in [0.1, 0.15) is 5.25 Å². The molecule has 0 aromatic carbocycles. The van der Waals surface area contributed by atoms with Gasteiger partial charge >= 0.3 is 5.97 Å². The third-order valence-electron chi connectivity index (χ3n) is 3.33. The molecular formula is C14H16N4O2S. The lowest BCUT2D eigenvalue weighted by molar-refractivity contribution is -0.139. The van der Waals surface area contributed by atoms with Gasteiger partial charge in [-0.25, -0.2) is 0 Å². The second kappa shape index (κ2) is 5.85. The van der Waals surface area contributed by atoms with Gasteiger partial charge in [0, 0.05) is 24.0 Å². The maximum Gasteiger partial charge on any atom is 0.318 e. The van der Waals surface area contributed by atoms with Gasteiger partial charge in [0.15, 0.2) is 11.0 Å². The number of aromatic nitrogens is 4. The first-order chi connectivity index (χ1) is 10.2. The number of hydrogen-bond acceptors (Lipinski definition) is 6. The van der Waals surface area contributed by atoms with Crippen LogP contribution in [-0.2, 0) is 9.53 Å². The molecule has 6 nitrogen and oxygen atoms in total. The van der Waals surface area contributed by atoms with Gasteiger partial charge in [-0.05, 0) is 31.9 Å². The zero-order chi connectivity index (χ0) is 14.8. The number of thioether (sulfide) groups is 1. The first-order valence-electron chi connectivity index (χ1n) is 6.80. The molecule has 0 bridgehead atoms. The van der Waals surface area contributed by atoms with Crippen LogP contribution >= 0.6 is 11.8 Å². The topological polar surface area (TPSA) is 69.9 Å². The highest BCUT2D eigenvalue weighted by Gasteiger charge is 2.31. The molecule has 2 heterocycles. The van der Waals surface area contributed by atoms with Gasteiger partial charge in [0.2, 0.25) is 0 Å². The van der Waals surface area contributed by atoms with Crippen molar-refractivity contribution in [1.29, 1.82) is 0 Å². The molecule has 1 fully saturated rings. The average Bonchev–Trinajstić information content (AvgIpc) is 3.28. The van der Waals surface area contributed by atoms with E-state index >= 15 is 0 Å². The SMILES string of the molecule is COC(=O)[C@@H](C)Sc1nnc(-c2ccncc2)n1C1CC1. The molecule has 0 saturated heterocycles. The lowest BCUT2D eigenvalue weighted by atomic mass is 10.2. The van der Waals surface area contributed by atoms with Crippen molar-refractivity contribution in [3.8, 4) is 11.4 Å². The predicted octanol–water partition coefficient (Wildman–Crippen LogP) is 2.33. The summed E-state index contributed by atoms with van der Waals surface area (Å²) in [7, 11) is 1.40.